The summed E-state index contributed by atoms with van der Waals surface area (Å²) < 4.78 is 31.1. The maximum Gasteiger partial charge on any atom is 0.269 e. The zero-order chi connectivity index (χ0) is 31.0. The van der Waals surface area contributed by atoms with E-state index in [0.29, 0.717) is 12.2 Å². The van der Waals surface area contributed by atoms with Crippen molar-refractivity contribution in [3.8, 4) is 22.3 Å². The zero-order valence-corrected chi connectivity index (χ0v) is 26.4. The predicted molar refractivity (Wildman–Crippen MR) is 180 cm³/mol. The first kappa shape index (κ1) is 29.0. The highest BCUT2D eigenvalue weighted by molar-refractivity contribution is 7.90. The summed E-state index contributed by atoms with van der Waals surface area (Å²) in [5.41, 5.74) is 7.40. The summed E-state index contributed by atoms with van der Waals surface area (Å²) in [7, 11) is -1.73. The summed E-state index contributed by atoms with van der Waals surface area (Å²) >= 11 is 0. The zero-order valence-electron chi connectivity index (χ0n) is 25.5. The van der Waals surface area contributed by atoms with Crippen LogP contribution < -0.4 is 4.90 Å². The van der Waals surface area contributed by atoms with Gasteiger partial charge in [0.15, 0.2) is 5.65 Å². The van der Waals surface area contributed by atoms with Crippen molar-refractivity contribution in [1.82, 2.24) is 23.6 Å². The molecule has 0 radical (unpaired) electrons. The van der Waals surface area contributed by atoms with Gasteiger partial charge in [0.05, 0.1) is 11.1 Å². The number of hydrogen-bond acceptors (Lipinski definition) is 6. The van der Waals surface area contributed by atoms with E-state index < -0.39 is 10.0 Å². The van der Waals surface area contributed by atoms with Crippen molar-refractivity contribution >= 4 is 26.7 Å². The molecule has 8 nitrogen and oxygen atoms in total. The van der Waals surface area contributed by atoms with E-state index in [4.69, 9.17) is 4.98 Å². The maximum absolute atomic E-state index is 13.9. The minimum absolute atomic E-state index is 0.223. The van der Waals surface area contributed by atoms with Crippen LogP contribution in [0, 0.1) is 6.92 Å². The second-order valence-corrected chi connectivity index (χ2v) is 13.6. The normalized spacial score (nSPS) is 14.3. The lowest BCUT2D eigenvalue weighted by molar-refractivity contribution is 0.313. The van der Waals surface area contributed by atoms with Crippen molar-refractivity contribution in [3.63, 3.8) is 0 Å². The summed E-state index contributed by atoms with van der Waals surface area (Å²) in [6.07, 6.45) is 8.09. The van der Waals surface area contributed by atoms with Gasteiger partial charge >= 0.3 is 0 Å². The van der Waals surface area contributed by atoms with Crippen LogP contribution in [-0.4, -0.2) is 65.3 Å². The van der Waals surface area contributed by atoms with E-state index in [-0.39, 0.29) is 4.90 Å². The van der Waals surface area contributed by atoms with Crippen LogP contribution in [0.4, 0.5) is 5.69 Å². The van der Waals surface area contributed by atoms with Crippen molar-refractivity contribution < 1.29 is 8.42 Å². The largest absolute Gasteiger partial charge is 0.369 e. The van der Waals surface area contributed by atoms with Crippen LogP contribution in [0.15, 0.2) is 115 Å². The Kier molecular flexibility index (Phi) is 7.73. The van der Waals surface area contributed by atoms with Crippen LogP contribution in [0.3, 0.4) is 0 Å². The van der Waals surface area contributed by atoms with Crippen molar-refractivity contribution in [1.29, 1.82) is 0 Å². The fourth-order valence-electron chi connectivity index (χ4n) is 5.92. The SMILES string of the molecule is Cc1ccc(S(=O)(=O)n2cc(-c3cnn(CCc4ccccc4)c3)c3cc(-c4ccc(N5CCN(C)CC5)cc4)cnc32)cc1. The van der Waals surface area contributed by atoms with Gasteiger partial charge in [-0.15, -0.1) is 0 Å². The molecule has 0 unspecified atom stereocenters. The van der Waals surface area contributed by atoms with Crippen molar-refractivity contribution in [2.75, 3.05) is 38.1 Å². The van der Waals surface area contributed by atoms with Gasteiger partial charge in [0.2, 0.25) is 0 Å². The number of rotatable bonds is 8. The topological polar surface area (TPSA) is 76.3 Å². The van der Waals surface area contributed by atoms with Gasteiger partial charge in [0.1, 0.15) is 0 Å². The van der Waals surface area contributed by atoms with Gasteiger partial charge in [-0.25, -0.2) is 17.4 Å². The Labute approximate surface area is 264 Å². The third-order valence-electron chi connectivity index (χ3n) is 8.68. The molecule has 1 aliphatic rings. The monoisotopic (exact) mass is 616 g/mol. The highest BCUT2D eigenvalue weighted by atomic mass is 32.2. The molecule has 9 heteroatoms. The third kappa shape index (κ3) is 5.89. The Balaban J connectivity index is 1.27. The summed E-state index contributed by atoms with van der Waals surface area (Å²) in [6, 6.07) is 27.8. The minimum Gasteiger partial charge on any atom is -0.369 e. The lowest BCUT2D eigenvalue weighted by atomic mass is 10.0. The average Bonchev–Trinajstić information content (AvgIpc) is 3.70. The van der Waals surface area contributed by atoms with E-state index in [2.05, 4.69) is 58.3 Å². The Bertz CT molecular complexity index is 2040. The highest BCUT2D eigenvalue weighted by Gasteiger charge is 2.24. The molecular formula is C36H36N6O2S. The van der Waals surface area contributed by atoms with E-state index >= 15 is 0 Å². The fraction of sp³-hybridized carbons (Fsp3) is 0.222. The average molecular weight is 617 g/mol. The van der Waals surface area contributed by atoms with E-state index in [1.807, 2.05) is 54.2 Å². The standard InChI is InChI=1S/C36H36N6O2S/c1-27-8-14-33(15-9-27)45(43,44)42-26-35(31-24-38-41(25-31)17-16-28-6-4-3-5-7-28)34-22-30(23-37-36(34)42)29-10-12-32(13-11-29)40-20-18-39(2)19-21-40/h3-15,22-26H,16-21H2,1-2H3. The molecule has 228 valence electrons. The molecule has 1 fully saturated rings. The van der Waals surface area contributed by atoms with Crippen LogP contribution in [0.25, 0.3) is 33.3 Å². The molecule has 0 spiro atoms. The molecule has 0 saturated carbocycles. The summed E-state index contributed by atoms with van der Waals surface area (Å²) in [4.78, 5) is 9.74. The Morgan fingerprint density at radius 3 is 2.24 bits per heavy atom. The second-order valence-electron chi connectivity index (χ2n) is 11.8. The van der Waals surface area contributed by atoms with Gasteiger partial charge in [-0.05, 0) is 61.9 Å². The quantitative estimate of drug-likeness (QED) is 0.206. The number of aryl methyl sites for hydroxylation is 3. The lowest BCUT2D eigenvalue weighted by Crippen LogP contribution is -2.44. The number of piperazine rings is 1. The second kappa shape index (κ2) is 12.0. The maximum atomic E-state index is 13.9. The number of anilines is 1. The van der Waals surface area contributed by atoms with Crippen LogP contribution in [0.1, 0.15) is 11.1 Å². The molecule has 0 N–H and O–H groups in total. The third-order valence-corrected chi connectivity index (χ3v) is 10.3. The van der Waals surface area contributed by atoms with Crippen molar-refractivity contribution in [3.05, 3.63) is 121 Å². The molecule has 4 heterocycles. The highest BCUT2D eigenvalue weighted by Crippen LogP contribution is 2.35. The number of aromatic nitrogens is 4. The van der Waals surface area contributed by atoms with Gasteiger partial charge in [0.25, 0.3) is 10.0 Å². The van der Waals surface area contributed by atoms with E-state index in [1.165, 1.54) is 15.2 Å². The van der Waals surface area contributed by atoms with Crippen LogP contribution in [0.5, 0.6) is 0 Å². The molecular weight excluding hydrogens is 581 g/mol. The van der Waals surface area contributed by atoms with Gasteiger partial charge in [-0.2, -0.15) is 5.10 Å². The number of nitrogens with zero attached hydrogens (tertiary/aromatic N) is 6. The van der Waals surface area contributed by atoms with E-state index in [9.17, 15) is 8.42 Å². The smallest absolute Gasteiger partial charge is 0.269 e. The lowest BCUT2D eigenvalue weighted by Gasteiger charge is -2.34. The molecule has 1 aliphatic heterocycles. The first-order chi connectivity index (χ1) is 21.8. The Morgan fingerprint density at radius 2 is 1.51 bits per heavy atom. The molecule has 3 aromatic heterocycles. The predicted octanol–water partition coefficient (Wildman–Crippen LogP) is 6.11. The Hall–Kier alpha value is -4.73. The number of pyridine rings is 1. The number of likely N-dealkylation sites (N-methyl/N-ethyl adjacent to an activating group) is 1. The fourth-order valence-corrected chi connectivity index (χ4v) is 7.24. The van der Waals surface area contributed by atoms with Crippen molar-refractivity contribution in [2.45, 2.75) is 24.8 Å². The van der Waals surface area contributed by atoms with Crippen molar-refractivity contribution in [2.24, 2.45) is 0 Å². The molecule has 0 atom stereocenters. The first-order valence-corrected chi connectivity index (χ1v) is 16.7. The molecule has 0 amide bonds. The summed E-state index contributed by atoms with van der Waals surface area (Å²) in [5, 5.41) is 5.38. The molecule has 1 saturated heterocycles. The molecule has 45 heavy (non-hydrogen) atoms. The van der Waals surface area contributed by atoms with Crippen LogP contribution >= 0.6 is 0 Å². The summed E-state index contributed by atoms with van der Waals surface area (Å²) in [6.45, 7) is 6.78. The van der Waals surface area contributed by atoms with Gasteiger partial charge in [-0.1, -0.05) is 60.2 Å². The molecule has 6 aromatic rings. The molecule has 0 aliphatic carbocycles. The van der Waals surface area contributed by atoms with E-state index in [0.717, 1.165) is 65.8 Å². The molecule has 7 rings (SSSR count). The number of hydrogen-bond donors (Lipinski definition) is 0. The van der Waals surface area contributed by atoms with Gasteiger partial charge < -0.3 is 9.80 Å². The Morgan fingerprint density at radius 1 is 0.778 bits per heavy atom. The van der Waals surface area contributed by atoms with Crippen LogP contribution in [-0.2, 0) is 23.0 Å². The first-order valence-electron chi connectivity index (χ1n) is 15.3. The van der Waals surface area contributed by atoms with Gasteiger partial charge in [-0.3, -0.25) is 4.68 Å². The van der Waals surface area contributed by atoms with Crippen LogP contribution in [0.2, 0.25) is 0 Å². The molecule has 0 bridgehead atoms. The van der Waals surface area contributed by atoms with Gasteiger partial charge in [0, 0.05) is 79.1 Å². The minimum atomic E-state index is -3.89. The van der Waals surface area contributed by atoms with E-state index in [1.54, 1.807) is 30.7 Å². The summed E-state index contributed by atoms with van der Waals surface area (Å²) in [5.74, 6) is 0. The number of benzene rings is 3. The number of fused-ring (bicyclic) bond motifs is 1. The molecule has 3 aromatic carbocycles.